The van der Waals surface area contributed by atoms with Gasteiger partial charge in [0.25, 0.3) is 5.91 Å². The number of halogens is 2. The number of aliphatic carboxylic acids is 1. The normalized spacial score (nSPS) is 15.4. The van der Waals surface area contributed by atoms with Crippen molar-refractivity contribution in [3.05, 3.63) is 68.3 Å². The third-order valence-corrected chi connectivity index (χ3v) is 6.40. The van der Waals surface area contributed by atoms with Crippen LogP contribution in [0.15, 0.2) is 30.3 Å². The number of hydrogen-bond donors (Lipinski definition) is 5. The molecule has 0 saturated carbocycles. The monoisotopic (exact) mass is 559 g/mol. The first-order chi connectivity index (χ1) is 17.7. The molecule has 2 aromatic carbocycles. The Hall–Kier alpha value is -3.86. The first-order valence-corrected chi connectivity index (χ1v) is 12.1. The van der Waals surface area contributed by atoms with Gasteiger partial charge in [0, 0.05) is 39.3 Å². The van der Waals surface area contributed by atoms with Gasteiger partial charge in [0.2, 0.25) is 0 Å². The molecule has 198 valence electrons. The van der Waals surface area contributed by atoms with E-state index in [0.29, 0.717) is 0 Å². The van der Waals surface area contributed by atoms with E-state index in [0.717, 1.165) is 6.08 Å². The van der Waals surface area contributed by atoms with Gasteiger partial charge < -0.3 is 31.0 Å². The summed E-state index contributed by atoms with van der Waals surface area (Å²) in [6, 6.07) is 5.61. The molecule has 1 aromatic heterocycles. The summed E-state index contributed by atoms with van der Waals surface area (Å²) >= 11 is 12.5. The number of carboxylic acid groups (broad SMARTS) is 2. The minimum Gasteiger partial charge on any atom is -0.481 e. The SMILES string of the molecule is CC(C)(C)OC(=O)c1ccc2c(c1CN)C(C(=O)O)C=C(c1c(C(=O)O)[nH]c3cc(Cl)cc(Cl)c13)C(=O)N2. The number of aromatic nitrogens is 1. The molecular formula is C26H23Cl2N3O7. The number of aromatic carboxylic acids is 1. The van der Waals surface area contributed by atoms with Crippen LogP contribution >= 0.6 is 23.2 Å². The van der Waals surface area contributed by atoms with Gasteiger partial charge in [-0.2, -0.15) is 0 Å². The smallest absolute Gasteiger partial charge is 0.352 e. The number of carbonyl (C=O) groups is 4. The van der Waals surface area contributed by atoms with Crippen LogP contribution in [0.1, 0.15) is 64.2 Å². The van der Waals surface area contributed by atoms with Crippen LogP contribution in [0.25, 0.3) is 16.5 Å². The molecule has 0 saturated heterocycles. The maximum Gasteiger partial charge on any atom is 0.352 e. The molecule has 0 spiro atoms. The van der Waals surface area contributed by atoms with E-state index in [4.69, 9.17) is 33.7 Å². The van der Waals surface area contributed by atoms with Crippen LogP contribution < -0.4 is 11.1 Å². The van der Waals surface area contributed by atoms with Gasteiger partial charge in [0.15, 0.2) is 0 Å². The second kappa shape index (κ2) is 9.79. The Morgan fingerprint density at radius 3 is 2.39 bits per heavy atom. The van der Waals surface area contributed by atoms with E-state index in [-0.39, 0.29) is 66.7 Å². The van der Waals surface area contributed by atoms with Crippen LogP contribution in [0, 0.1) is 0 Å². The second-order valence-electron chi connectivity index (χ2n) is 9.60. The van der Waals surface area contributed by atoms with Crippen LogP contribution in [-0.2, 0) is 20.9 Å². The fourth-order valence-electron chi connectivity index (χ4n) is 4.46. The highest BCUT2D eigenvalue weighted by atomic mass is 35.5. The average Bonchev–Trinajstić information content (AvgIpc) is 3.10. The number of benzene rings is 2. The van der Waals surface area contributed by atoms with Crippen molar-refractivity contribution in [2.45, 2.75) is 38.8 Å². The molecule has 4 rings (SSSR count). The lowest BCUT2D eigenvalue weighted by Crippen LogP contribution is -2.26. The zero-order valence-corrected chi connectivity index (χ0v) is 22.0. The van der Waals surface area contributed by atoms with Crippen LogP contribution in [0.2, 0.25) is 10.0 Å². The zero-order chi connectivity index (χ0) is 28.1. The van der Waals surface area contributed by atoms with E-state index in [1.807, 2.05) is 0 Å². The van der Waals surface area contributed by atoms with E-state index in [1.165, 1.54) is 24.3 Å². The third kappa shape index (κ3) is 4.85. The third-order valence-electron chi connectivity index (χ3n) is 5.88. The van der Waals surface area contributed by atoms with Crippen molar-refractivity contribution >= 4 is 69.2 Å². The number of carboxylic acids is 2. The number of ether oxygens (including phenoxy) is 1. The van der Waals surface area contributed by atoms with Gasteiger partial charge in [-0.25, -0.2) is 9.59 Å². The molecule has 38 heavy (non-hydrogen) atoms. The maximum absolute atomic E-state index is 13.5. The number of esters is 1. The van der Waals surface area contributed by atoms with Crippen molar-refractivity contribution in [3.8, 4) is 0 Å². The highest BCUT2D eigenvalue weighted by Crippen LogP contribution is 2.42. The number of anilines is 1. The molecular weight excluding hydrogens is 537 g/mol. The van der Waals surface area contributed by atoms with Gasteiger partial charge in [-0.3, -0.25) is 9.59 Å². The van der Waals surface area contributed by atoms with Gasteiger partial charge in [-0.05, 0) is 56.2 Å². The number of nitrogens with one attached hydrogen (secondary N) is 2. The fraction of sp³-hybridized carbons (Fsp3) is 0.231. The number of nitrogens with two attached hydrogens (primary N) is 1. The average molecular weight is 560 g/mol. The Kier molecular flexibility index (Phi) is 7.00. The number of amides is 1. The summed E-state index contributed by atoms with van der Waals surface area (Å²) in [7, 11) is 0. The summed E-state index contributed by atoms with van der Waals surface area (Å²) in [5.74, 6) is -5.74. The largest absolute Gasteiger partial charge is 0.481 e. The van der Waals surface area contributed by atoms with Crippen LogP contribution in [-0.4, -0.2) is 44.6 Å². The molecule has 3 aromatic rings. The molecule has 12 heteroatoms. The number of rotatable bonds is 5. The van der Waals surface area contributed by atoms with Crippen molar-refractivity contribution < 1.29 is 34.1 Å². The summed E-state index contributed by atoms with van der Waals surface area (Å²) in [5, 5.41) is 23.2. The second-order valence-corrected chi connectivity index (χ2v) is 10.4. The molecule has 2 heterocycles. The number of H-pyrrole nitrogens is 1. The molecule has 1 aliphatic rings. The number of carbonyl (C=O) groups excluding carboxylic acids is 2. The molecule has 1 atom stereocenters. The predicted molar refractivity (Wildman–Crippen MR) is 142 cm³/mol. The summed E-state index contributed by atoms with van der Waals surface area (Å²) in [6.07, 6.45) is 1.13. The van der Waals surface area contributed by atoms with Gasteiger partial charge >= 0.3 is 17.9 Å². The van der Waals surface area contributed by atoms with Crippen LogP contribution in [0.5, 0.6) is 0 Å². The summed E-state index contributed by atoms with van der Waals surface area (Å²) in [4.78, 5) is 53.8. The Morgan fingerprint density at radius 2 is 1.82 bits per heavy atom. The molecule has 1 unspecified atom stereocenters. The first kappa shape index (κ1) is 27.2. The van der Waals surface area contributed by atoms with Crippen molar-refractivity contribution in [1.29, 1.82) is 0 Å². The van der Waals surface area contributed by atoms with Gasteiger partial charge in [-0.15, -0.1) is 0 Å². The van der Waals surface area contributed by atoms with Gasteiger partial charge in [0.05, 0.1) is 10.6 Å². The number of hydrogen-bond acceptors (Lipinski definition) is 6. The molecule has 0 bridgehead atoms. The number of aromatic amines is 1. The Balaban J connectivity index is 2.01. The van der Waals surface area contributed by atoms with Crippen LogP contribution in [0.3, 0.4) is 0 Å². The summed E-state index contributed by atoms with van der Waals surface area (Å²) in [6.45, 7) is 4.82. The molecule has 0 aliphatic carbocycles. The fourth-order valence-corrected chi connectivity index (χ4v) is 5.05. The first-order valence-electron chi connectivity index (χ1n) is 11.3. The molecule has 10 nitrogen and oxygen atoms in total. The molecule has 1 amide bonds. The van der Waals surface area contributed by atoms with E-state index < -0.39 is 35.3 Å². The summed E-state index contributed by atoms with van der Waals surface area (Å²) < 4.78 is 5.46. The Labute approximate surface area is 226 Å². The minimum absolute atomic E-state index is 0.0505. The van der Waals surface area contributed by atoms with Gasteiger partial charge in [-0.1, -0.05) is 29.3 Å². The Bertz CT molecular complexity index is 1570. The maximum atomic E-state index is 13.5. The highest BCUT2D eigenvalue weighted by molar-refractivity contribution is 6.41. The molecule has 0 radical (unpaired) electrons. The topological polar surface area (TPSA) is 172 Å². The minimum atomic E-state index is -1.49. The van der Waals surface area contributed by atoms with Gasteiger partial charge in [0.1, 0.15) is 17.2 Å². The Morgan fingerprint density at radius 1 is 1.13 bits per heavy atom. The van der Waals surface area contributed by atoms with E-state index in [2.05, 4.69) is 10.3 Å². The lowest BCUT2D eigenvalue weighted by atomic mass is 9.87. The van der Waals surface area contributed by atoms with Crippen molar-refractivity contribution in [3.63, 3.8) is 0 Å². The lowest BCUT2D eigenvalue weighted by molar-refractivity contribution is -0.137. The van der Waals surface area contributed by atoms with E-state index >= 15 is 0 Å². The van der Waals surface area contributed by atoms with Crippen LogP contribution in [0.4, 0.5) is 5.69 Å². The predicted octanol–water partition coefficient (Wildman–Crippen LogP) is 4.79. The number of fused-ring (bicyclic) bond motifs is 2. The van der Waals surface area contributed by atoms with E-state index in [1.54, 1.807) is 20.8 Å². The lowest BCUT2D eigenvalue weighted by Gasteiger charge is -2.23. The zero-order valence-electron chi connectivity index (χ0n) is 20.4. The molecule has 6 N–H and O–H groups in total. The molecule has 1 aliphatic heterocycles. The molecule has 0 fully saturated rings. The van der Waals surface area contributed by atoms with Crippen molar-refractivity contribution in [2.24, 2.45) is 5.73 Å². The van der Waals surface area contributed by atoms with E-state index in [9.17, 15) is 29.4 Å². The van der Waals surface area contributed by atoms with Crippen molar-refractivity contribution in [2.75, 3.05) is 5.32 Å². The van der Waals surface area contributed by atoms with Crippen molar-refractivity contribution in [1.82, 2.24) is 4.98 Å². The quantitative estimate of drug-likeness (QED) is 0.277. The standard InChI is InChI=1S/C26H23Cl2N3O7/c1-26(2,3)38-25(37)11-4-5-16-18(14(11)9-29)13(23(33)34)8-12(22(32)31-16)19-20-15(28)6-10(27)7-17(20)30-21(19)24(35)36/h4-8,13,30H,9,29H2,1-3H3,(H,31,32)(H,33,34)(H,35,36). The highest BCUT2D eigenvalue weighted by Gasteiger charge is 2.35. The summed E-state index contributed by atoms with van der Waals surface area (Å²) in [5.41, 5.74) is 5.07.